The summed E-state index contributed by atoms with van der Waals surface area (Å²) in [5.74, 6) is -0.103. The summed E-state index contributed by atoms with van der Waals surface area (Å²) < 4.78 is 10.3. The Morgan fingerprint density at radius 1 is 1.08 bits per heavy atom. The van der Waals surface area contributed by atoms with Gasteiger partial charge >= 0.3 is 5.97 Å². The number of carboxylic acid groups (broad SMARTS) is 1. The maximum absolute atomic E-state index is 11.6. The highest BCUT2D eigenvalue weighted by atomic mass is 16.6. The van der Waals surface area contributed by atoms with E-state index in [2.05, 4.69) is 0 Å². The first kappa shape index (κ1) is 17.0. The van der Waals surface area contributed by atoms with Crippen LogP contribution in [0.3, 0.4) is 0 Å². The number of methoxy groups -OCH3 is 2. The van der Waals surface area contributed by atoms with Gasteiger partial charge in [0, 0.05) is 18.2 Å². The Balaban J connectivity index is 2.49. The van der Waals surface area contributed by atoms with E-state index < -0.39 is 10.9 Å². The molecule has 0 amide bonds. The first-order valence-corrected chi connectivity index (χ1v) is 6.87. The van der Waals surface area contributed by atoms with Gasteiger partial charge in [-0.25, -0.2) is 4.79 Å². The van der Waals surface area contributed by atoms with E-state index in [1.807, 2.05) is 0 Å². The Labute approximate surface area is 137 Å². The van der Waals surface area contributed by atoms with Crippen LogP contribution in [-0.4, -0.2) is 30.2 Å². The van der Waals surface area contributed by atoms with Gasteiger partial charge in [-0.15, -0.1) is 0 Å². The van der Waals surface area contributed by atoms with Crippen molar-refractivity contribution >= 4 is 23.3 Å². The maximum atomic E-state index is 11.6. The van der Waals surface area contributed by atoms with E-state index in [9.17, 15) is 20.0 Å². The zero-order valence-corrected chi connectivity index (χ0v) is 13.1. The number of hydrogen-bond donors (Lipinski definition) is 1. The fourth-order valence-electron chi connectivity index (χ4n) is 2.11. The van der Waals surface area contributed by atoms with Crippen LogP contribution in [0.25, 0.3) is 11.6 Å². The molecule has 124 valence electrons. The number of nitro benzene ring substituents is 1. The van der Waals surface area contributed by atoms with Crippen molar-refractivity contribution < 1.29 is 24.3 Å². The number of benzene rings is 2. The predicted molar refractivity (Wildman–Crippen MR) is 88.1 cm³/mol. The van der Waals surface area contributed by atoms with Gasteiger partial charge in [-0.3, -0.25) is 10.1 Å². The summed E-state index contributed by atoms with van der Waals surface area (Å²) in [6, 6.07) is 10.3. The minimum Gasteiger partial charge on any atom is -0.497 e. The molecule has 1 N–H and O–H groups in total. The summed E-state index contributed by atoms with van der Waals surface area (Å²) in [5.41, 5.74) is 0.823. The highest BCUT2D eigenvalue weighted by Crippen LogP contribution is 2.27. The van der Waals surface area contributed by atoms with Gasteiger partial charge in [0.25, 0.3) is 5.69 Å². The van der Waals surface area contributed by atoms with Crippen molar-refractivity contribution in [2.75, 3.05) is 14.2 Å². The second-order valence-corrected chi connectivity index (χ2v) is 4.81. The molecule has 0 aliphatic rings. The molecule has 2 rings (SSSR count). The maximum Gasteiger partial charge on any atom is 0.336 e. The number of carboxylic acids is 1. The van der Waals surface area contributed by atoms with Gasteiger partial charge in [-0.05, 0) is 41.5 Å². The van der Waals surface area contributed by atoms with E-state index in [4.69, 9.17) is 9.47 Å². The van der Waals surface area contributed by atoms with E-state index in [1.165, 1.54) is 44.6 Å². The van der Waals surface area contributed by atoms with E-state index in [-0.39, 0.29) is 11.3 Å². The third-order valence-electron chi connectivity index (χ3n) is 3.30. The van der Waals surface area contributed by atoms with Crippen molar-refractivity contribution in [3.8, 4) is 11.5 Å². The van der Waals surface area contributed by atoms with Crippen LogP contribution in [0.2, 0.25) is 0 Å². The van der Waals surface area contributed by atoms with Crippen molar-refractivity contribution in [1.82, 2.24) is 0 Å². The molecule has 0 heterocycles. The molecule has 0 aromatic heterocycles. The highest BCUT2D eigenvalue weighted by Gasteiger charge is 2.13. The molecular weight excluding hydrogens is 314 g/mol. The minimum absolute atomic E-state index is 0.000189. The van der Waals surface area contributed by atoms with Crippen LogP contribution in [0.15, 0.2) is 42.5 Å². The van der Waals surface area contributed by atoms with Gasteiger partial charge in [0.2, 0.25) is 0 Å². The van der Waals surface area contributed by atoms with Crippen LogP contribution in [-0.2, 0) is 4.79 Å². The monoisotopic (exact) mass is 329 g/mol. The summed E-state index contributed by atoms with van der Waals surface area (Å²) >= 11 is 0. The van der Waals surface area contributed by atoms with Crippen molar-refractivity contribution in [2.24, 2.45) is 0 Å². The largest absolute Gasteiger partial charge is 0.497 e. The fraction of sp³-hybridized carbons (Fsp3) is 0.118. The second kappa shape index (κ2) is 7.28. The molecule has 2 aromatic carbocycles. The predicted octanol–water partition coefficient (Wildman–Crippen LogP) is 3.24. The highest BCUT2D eigenvalue weighted by molar-refractivity contribution is 6.20. The summed E-state index contributed by atoms with van der Waals surface area (Å²) in [6.07, 6.45) is 1.45. The number of ether oxygens (including phenoxy) is 2. The molecule has 7 heteroatoms. The van der Waals surface area contributed by atoms with Gasteiger partial charge < -0.3 is 14.6 Å². The SMILES string of the molecule is COc1cc(/C=C(/C(=O)O)c2ccc([N+](=O)[O-])cc2)cc(OC)c1. The normalized spacial score (nSPS) is 11.0. The number of nitro groups is 1. The lowest BCUT2D eigenvalue weighted by atomic mass is 10.0. The fourth-order valence-corrected chi connectivity index (χ4v) is 2.11. The Bertz CT molecular complexity index is 773. The van der Waals surface area contributed by atoms with E-state index in [1.54, 1.807) is 18.2 Å². The van der Waals surface area contributed by atoms with Gasteiger partial charge in [-0.2, -0.15) is 0 Å². The standard InChI is InChI=1S/C17H15NO6/c1-23-14-7-11(8-15(10-14)24-2)9-16(17(19)20)12-3-5-13(6-4-12)18(21)22/h3-10H,1-2H3,(H,19,20)/b16-9+. The average molecular weight is 329 g/mol. The van der Waals surface area contributed by atoms with Crippen molar-refractivity contribution in [1.29, 1.82) is 0 Å². The Hall–Kier alpha value is -3.35. The number of carbonyl (C=O) groups is 1. The molecular formula is C17H15NO6. The number of rotatable bonds is 6. The molecule has 0 fully saturated rings. The summed E-state index contributed by atoms with van der Waals surface area (Å²) in [7, 11) is 2.99. The van der Waals surface area contributed by atoms with Gasteiger partial charge in [0.05, 0.1) is 24.7 Å². The molecule has 2 aromatic rings. The summed E-state index contributed by atoms with van der Waals surface area (Å²) in [6.45, 7) is 0. The lowest BCUT2D eigenvalue weighted by Gasteiger charge is -2.07. The van der Waals surface area contributed by atoms with Crippen LogP contribution in [0.5, 0.6) is 11.5 Å². The van der Waals surface area contributed by atoms with Gasteiger partial charge in [0.1, 0.15) is 11.5 Å². The molecule has 0 aliphatic heterocycles. The molecule has 0 saturated carbocycles. The van der Waals surface area contributed by atoms with Crippen molar-refractivity contribution in [2.45, 2.75) is 0 Å². The Kier molecular flexibility index (Phi) is 5.16. The summed E-state index contributed by atoms with van der Waals surface area (Å²) in [4.78, 5) is 21.7. The zero-order chi connectivity index (χ0) is 17.7. The van der Waals surface area contributed by atoms with Crippen LogP contribution >= 0.6 is 0 Å². The Morgan fingerprint density at radius 3 is 2.04 bits per heavy atom. The molecule has 0 saturated heterocycles. The lowest BCUT2D eigenvalue weighted by Crippen LogP contribution is -2.00. The smallest absolute Gasteiger partial charge is 0.336 e. The van der Waals surface area contributed by atoms with Gasteiger partial charge in [0.15, 0.2) is 0 Å². The van der Waals surface area contributed by atoms with Gasteiger partial charge in [-0.1, -0.05) is 0 Å². The summed E-state index contributed by atoms with van der Waals surface area (Å²) in [5, 5.41) is 20.1. The molecule has 0 radical (unpaired) electrons. The average Bonchev–Trinajstić information content (AvgIpc) is 2.59. The molecule has 0 unspecified atom stereocenters. The minimum atomic E-state index is -1.15. The van der Waals surface area contributed by atoms with Crippen LogP contribution in [0.4, 0.5) is 5.69 Å². The molecule has 0 bridgehead atoms. The van der Waals surface area contributed by atoms with Crippen molar-refractivity contribution in [3.63, 3.8) is 0 Å². The quantitative estimate of drug-likeness (QED) is 0.378. The zero-order valence-electron chi connectivity index (χ0n) is 13.1. The lowest BCUT2D eigenvalue weighted by molar-refractivity contribution is -0.384. The molecule has 7 nitrogen and oxygen atoms in total. The third kappa shape index (κ3) is 3.89. The molecule has 0 aliphatic carbocycles. The third-order valence-corrected chi connectivity index (χ3v) is 3.30. The van der Waals surface area contributed by atoms with E-state index >= 15 is 0 Å². The number of hydrogen-bond acceptors (Lipinski definition) is 5. The molecule has 24 heavy (non-hydrogen) atoms. The molecule has 0 spiro atoms. The molecule has 0 atom stereocenters. The second-order valence-electron chi connectivity index (χ2n) is 4.81. The first-order chi connectivity index (χ1) is 11.4. The van der Waals surface area contributed by atoms with Crippen LogP contribution in [0, 0.1) is 10.1 Å². The van der Waals surface area contributed by atoms with E-state index in [0.717, 1.165) is 0 Å². The number of nitrogens with zero attached hydrogens (tertiary/aromatic N) is 1. The van der Waals surface area contributed by atoms with Crippen LogP contribution in [0.1, 0.15) is 11.1 Å². The number of non-ortho nitro benzene ring substituents is 1. The first-order valence-electron chi connectivity index (χ1n) is 6.87. The van der Waals surface area contributed by atoms with Crippen LogP contribution < -0.4 is 9.47 Å². The van der Waals surface area contributed by atoms with Crippen molar-refractivity contribution in [3.05, 3.63) is 63.7 Å². The number of aliphatic carboxylic acids is 1. The topological polar surface area (TPSA) is 98.9 Å². The van der Waals surface area contributed by atoms with E-state index in [0.29, 0.717) is 22.6 Å². The Morgan fingerprint density at radius 2 is 1.62 bits per heavy atom.